The number of aromatic hydroxyl groups is 3. The third kappa shape index (κ3) is 19.7. The van der Waals surface area contributed by atoms with Gasteiger partial charge in [-0.2, -0.15) is 5.48 Å². The van der Waals surface area contributed by atoms with Crippen LogP contribution in [0.15, 0.2) is 103 Å². The van der Waals surface area contributed by atoms with E-state index in [1.807, 2.05) is 0 Å². The molecule has 18 N–H and O–H groups in total. The smallest absolute Gasteiger partial charge is 0.243 e. The van der Waals surface area contributed by atoms with Crippen LogP contribution in [0.4, 0.5) is 0 Å². The number of rotatable bonds is 34. The first kappa shape index (κ1) is 63.9. The molecule has 0 saturated carbocycles. The Labute approximate surface area is 470 Å². The van der Waals surface area contributed by atoms with Crippen molar-refractivity contribution in [2.24, 2.45) is 17.4 Å². The fourth-order valence-corrected chi connectivity index (χ4v) is 8.51. The number of aromatic amines is 1. The number of hydrazine groups is 1. The number of primary amides is 1. The molecule has 26 heteroatoms. The van der Waals surface area contributed by atoms with Crippen LogP contribution in [0.3, 0.4) is 0 Å². The number of nitrogens with one attached hydrogen (secondary N) is 9. The molecule has 0 unspecified atom stereocenters. The molecule has 0 aliphatic rings. The third-order valence-corrected chi connectivity index (χ3v) is 13.0. The summed E-state index contributed by atoms with van der Waals surface area (Å²) >= 11 is 0. The van der Waals surface area contributed by atoms with E-state index in [1.165, 1.54) is 60.7 Å². The lowest BCUT2D eigenvalue weighted by molar-refractivity contribution is -0.142. The number of phenols is 3. The fraction of sp³-hybridized carbons (Fsp3) is 0.357. The average molecular weight is 1140 g/mol. The molecule has 0 radical (unpaired) electrons. The van der Waals surface area contributed by atoms with Gasteiger partial charge < -0.3 is 68.7 Å². The topological polar surface area (TPSA) is 436 Å². The Kier molecular flexibility index (Phi) is 24.3. The predicted molar refractivity (Wildman–Crippen MR) is 295 cm³/mol. The maximum Gasteiger partial charge on any atom is 0.243 e. The van der Waals surface area contributed by atoms with E-state index >= 15 is 0 Å². The van der Waals surface area contributed by atoms with Crippen molar-refractivity contribution < 1.29 is 73.6 Å². The first-order valence-electron chi connectivity index (χ1n) is 26.1. The van der Waals surface area contributed by atoms with Crippen LogP contribution >= 0.6 is 0 Å². The molecule has 0 saturated heterocycles. The quantitative estimate of drug-likeness (QED) is 0.0162. The minimum atomic E-state index is -1.98. The molecule has 1 aromatic heterocycles. The number of fused-ring (bicyclic) bond motifs is 1. The molecule has 0 aliphatic heterocycles. The number of benzene rings is 4. The Balaban J connectivity index is 1.30. The van der Waals surface area contributed by atoms with Crippen molar-refractivity contribution in [2.75, 3.05) is 19.7 Å². The molecule has 26 nitrogen and oxygen atoms in total. The zero-order valence-electron chi connectivity index (χ0n) is 45.0. The molecule has 0 fully saturated rings. The van der Waals surface area contributed by atoms with Crippen molar-refractivity contribution in [3.05, 3.63) is 126 Å². The van der Waals surface area contributed by atoms with Crippen LogP contribution in [0.2, 0.25) is 0 Å². The van der Waals surface area contributed by atoms with E-state index in [-0.39, 0.29) is 55.3 Å². The van der Waals surface area contributed by atoms with Gasteiger partial charge in [0, 0.05) is 29.9 Å². The SMILES string of the molecule is CC(C)C[C@H](NN[C@@H](Cc1ccc(O)cc1)C(=O)N[C@@H](CCC(N)=O)C(=O)C(=O)[C@H](CO)NC(=O)[C@H](Cc1c[nH]c2ccccc12)NC(=O)CNC(=O)[C@@H](N)Cc1ccc(O)cc1)C(=O)NCC(=O)C(=O)[C@H](Cc1ccc(O)cc1)NO. The number of carbonyl (C=O) groups is 10. The van der Waals surface area contributed by atoms with Crippen LogP contribution in [0.5, 0.6) is 17.2 Å². The van der Waals surface area contributed by atoms with Crippen LogP contribution in [0, 0.1) is 5.92 Å². The Morgan fingerprint density at radius 2 is 1.06 bits per heavy atom. The number of H-pyrrole nitrogens is 1. The summed E-state index contributed by atoms with van der Waals surface area (Å²) in [6, 6.07) is 13.9. The van der Waals surface area contributed by atoms with Crippen LogP contribution in [0.1, 0.15) is 55.4 Å². The number of hydroxylamine groups is 1. The standard InChI is InChI=1S/C56H69N11O15/c1-30(2)21-44(54(79)60-27-47(72)50(75)42(67-82)23-32-9-15-36(70)16-10-32)65-66-45(24-33-11-17-37(71)18-12-33)56(81)63-41(19-20-48(58)73)51(76)52(77)46(29-68)64-55(80)43(25-34-26-59-40-6-4-3-5-38(34)40)62-49(74)28-61-53(78)39(57)22-31-7-13-35(69)14-8-31/h3-18,26,30,39,41-46,59,65-71,82H,19-25,27-29,57H2,1-2H3,(H2,58,73)(H,60,79)(H,61,78)(H,62,74)(H,63,81)(H,64,80)/t39-,41-,42-,43-,44-,45-,46-/m0/s1. The van der Waals surface area contributed by atoms with E-state index < -0.39 is 133 Å². The van der Waals surface area contributed by atoms with E-state index in [2.05, 4.69) is 42.4 Å². The second-order valence-electron chi connectivity index (χ2n) is 19.9. The third-order valence-electron chi connectivity index (χ3n) is 13.0. The summed E-state index contributed by atoms with van der Waals surface area (Å²) in [6.07, 6.45) is 0.0874. The average Bonchev–Trinajstić information content (AvgIpc) is 4.09. The van der Waals surface area contributed by atoms with E-state index in [4.69, 9.17) is 11.5 Å². The largest absolute Gasteiger partial charge is 0.508 e. The summed E-state index contributed by atoms with van der Waals surface area (Å²) < 4.78 is 0. The fourth-order valence-electron chi connectivity index (χ4n) is 8.51. The number of amides is 6. The molecular weight excluding hydrogens is 1070 g/mol. The summed E-state index contributed by atoms with van der Waals surface area (Å²) in [5.41, 5.74) is 21.6. The van der Waals surface area contributed by atoms with Gasteiger partial charge in [-0.1, -0.05) is 68.4 Å². The van der Waals surface area contributed by atoms with Gasteiger partial charge in [-0.3, -0.25) is 47.9 Å². The number of aliphatic hydroxyl groups excluding tert-OH is 1. The number of aromatic nitrogens is 1. The zero-order chi connectivity index (χ0) is 60.0. The van der Waals surface area contributed by atoms with E-state index in [0.29, 0.717) is 33.2 Å². The Hall–Kier alpha value is -8.92. The number of Topliss-reactive ketones (excluding diaryl/α,β-unsaturated/α-hetero) is 4. The summed E-state index contributed by atoms with van der Waals surface area (Å²) in [5, 5.41) is 62.1. The monoisotopic (exact) mass is 1140 g/mol. The number of ketones is 4. The number of phenolic OH excluding ortho intramolecular Hbond substituents is 3. The second kappa shape index (κ2) is 31.2. The summed E-state index contributed by atoms with van der Waals surface area (Å²) in [6.45, 7) is 0.946. The van der Waals surface area contributed by atoms with Gasteiger partial charge in [0.25, 0.3) is 0 Å². The van der Waals surface area contributed by atoms with Gasteiger partial charge in [0.2, 0.25) is 58.6 Å². The second-order valence-corrected chi connectivity index (χ2v) is 19.9. The van der Waals surface area contributed by atoms with Gasteiger partial charge in [0.1, 0.15) is 47.5 Å². The van der Waals surface area contributed by atoms with Crippen LogP contribution in [-0.2, 0) is 73.6 Å². The van der Waals surface area contributed by atoms with E-state index in [0.717, 1.165) is 0 Å². The lowest BCUT2D eigenvalue weighted by atomic mass is 9.97. The molecule has 438 valence electrons. The van der Waals surface area contributed by atoms with Crippen molar-refractivity contribution in [1.29, 1.82) is 0 Å². The van der Waals surface area contributed by atoms with Gasteiger partial charge >= 0.3 is 0 Å². The number of nitrogens with two attached hydrogens (primary N) is 2. The summed E-state index contributed by atoms with van der Waals surface area (Å²) in [4.78, 5) is 138. The highest BCUT2D eigenvalue weighted by molar-refractivity contribution is 6.41. The molecule has 4 aromatic carbocycles. The van der Waals surface area contributed by atoms with Crippen molar-refractivity contribution in [1.82, 2.24) is 47.9 Å². The van der Waals surface area contributed by atoms with Crippen molar-refractivity contribution in [2.45, 2.75) is 101 Å². The number of hydrogen-bond donors (Lipinski definition) is 16. The molecule has 6 amide bonds. The molecule has 0 spiro atoms. The lowest BCUT2D eigenvalue weighted by Crippen LogP contribution is -2.60. The van der Waals surface area contributed by atoms with Crippen LogP contribution in [0.25, 0.3) is 10.9 Å². The molecule has 0 bridgehead atoms. The van der Waals surface area contributed by atoms with Gasteiger partial charge in [-0.25, -0.2) is 10.9 Å². The van der Waals surface area contributed by atoms with E-state index in [1.54, 1.807) is 61.9 Å². The molecule has 0 aliphatic carbocycles. The normalized spacial score (nSPS) is 13.8. The van der Waals surface area contributed by atoms with Crippen molar-refractivity contribution in [3.63, 3.8) is 0 Å². The number of carbonyl (C=O) groups excluding carboxylic acids is 10. The maximum atomic E-state index is 14.3. The number of para-hydroxylation sites is 1. The molecule has 7 atom stereocenters. The molecule has 5 rings (SSSR count). The lowest BCUT2D eigenvalue weighted by Gasteiger charge is -2.27. The van der Waals surface area contributed by atoms with Crippen LogP contribution < -0.4 is 54.4 Å². The molecular formula is C56H69N11O15. The van der Waals surface area contributed by atoms with Gasteiger partial charge in [-0.15, -0.1) is 0 Å². The summed E-state index contributed by atoms with van der Waals surface area (Å²) in [7, 11) is 0. The zero-order valence-corrected chi connectivity index (χ0v) is 45.0. The van der Waals surface area contributed by atoms with Crippen molar-refractivity contribution >= 4 is 69.5 Å². The minimum absolute atomic E-state index is 0.0118. The van der Waals surface area contributed by atoms with Crippen LogP contribution in [-0.4, -0.2) is 151 Å². The first-order valence-corrected chi connectivity index (χ1v) is 26.1. The van der Waals surface area contributed by atoms with E-state index in [9.17, 15) is 73.6 Å². The van der Waals surface area contributed by atoms with Gasteiger partial charge in [-0.05, 0) is 103 Å². The minimum Gasteiger partial charge on any atom is -0.508 e. The first-order chi connectivity index (χ1) is 39.0. The summed E-state index contributed by atoms with van der Waals surface area (Å²) in [5.74, 6) is -10.6. The molecule has 82 heavy (non-hydrogen) atoms. The van der Waals surface area contributed by atoms with Gasteiger partial charge in [0.15, 0.2) is 0 Å². The Morgan fingerprint density at radius 1 is 0.549 bits per heavy atom. The van der Waals surface area contributed by atoms with Gasteiger partial charge in [0.05, 0.1) is 31.8 Å². The maximum absolute atomic E-state index is 14.3. The number of hydrogen-bond acceptors (Lipinski definition) is 19. The highest BCUT2D eigenvalue weighted by Crippen LogP contribution is 2.20. The molecule has 1 heterocycles. The highest BCUT2D eigenvalue weighted by Gasteiger charge is 2.37. The Bertz CT molecular complexity index is 3040. The Morgan fingerprint density at radius 3 is 1.62 bits per heavy atom. The molecule has 5 aromatic rings. The highest BCUT2D eigenvalue weighted by atomic mass is 16.5. The van der Waals surface area contributed by atoms with Crippen molar-refractivity contribution in [3.8, 4) is 17.2 Å². The predicted octanol–water partition coefficient (Wildman–Crippen LogP) is -1.67. The number of aliphatic hydroxyl groups is 1.